The summed E-state index contributed by atoms with van der Waals surface area (Å²) < 4.78 is 4.83. The number of likely N-dealkylation sites (tertiary alicyclic amines) is 1. The molecule has 0 saturated carbocycles. The lowest BCUT2D eigenvalue weighted by Crippen LogP contribution is -2.29. The number of carbonyl (C=O) groups excluding carboxylic acids is 1. The fourth-order valence-electron chi connectivity index (χ4n) is 1.78. The van der Waals surface area contributed by atoms with Crippen molar-refractivity contribution in [1.82, 2.24) is 15.0 Å². The number of carbonyl (C=O) groups is 1. The molecule has 0 radical (unpaired) electrons. The maximum atomic E-state index is 10.9. The van der Waals surface area contributed by atoms with Crippen LogP contribution in [0.3, 0.4) is 0 Å². The molecular weight excluding hydrogens is 194 g/mol. The number of hydrogen-bond acceptors (Lipinski definition) is 5. The minimum absolute atomic E-state index is 0.113. The van der Waals surface area contributed by atoms with Gasteiger partial charge < -0.3 is 4.52 Å². The minimum atomic E-state index is -0.174. The summed E-state index contributed by atoms with van der Waals surface area (Å²) in [5.74, 6) is 0.552. The van der Waals surface area contributed by atoms with Crippen LogP contribution >= 0.6 is 0 Å². The Morgan fingerprint density at radius 1 is 1.40 bits per heavy atom. The predicted molar refractivity (Wildman–Crippen MR) is 53.4 cm³/mol. The summed E-state index contributed by atoms with van der Waals surface area (Å²) in [7, 11) is 0. The molecule has 15 heavy (non-hydrogen) atoms. The van der Waals surface area contributed by atoms with Gasteiger partial charge in [0, 0.05) is 6.92 Å². The van der Waals surface area contributed by atoms with Gasteiger partial charge in [0.2, 0.25) is 5.78 Å². The van der Waals surface area contributed by atoms with E-state index in [1.807, 2.05) is 0 Å². The van der Waals surface area contributed by atoms with Gasteiger partial charge in [-0.2, -0.15) is 4.98 Å². The number of aromatic nitrogens is 2. The second kappa shape index (κ2) is 4.53. The lowest BCUT2D eigenvalue weighted by Gasteiger charge is -2.24. The quantitative estimate of drug-likeness (QED) is 0.701. The zero-order chi connectivity index (χ0) is 10.7. The van der Waals surface area contributed by atoms with Gasteiger partial charge in [-0.1, -0.05) is 11.6 Å². The molecule has 0 atom stereocenters. The van der Waals surface area contributed by atoms with Crippen LogP contribution < -0.4 is 0 Å². The second-order valence-corrected chi connectivity index (χ2v) is 3.91. The van der Waals surface area contributed by atoms with Crippen LogP contribution in [0.5, 0.6) is 0 Å². The van der Waals surface area contributed by atoms with Gasteiger partial charge in [0.05, 0.1) is 6.54 Å². The zero-order valence-corrected chi connectivity index (χ0v) is 8.90. The van der Waals surface area contributed by atoms with Crippen LogP contribution in [0, 0.1) is 0 Å². The lowest BCUT2D eigenvalue weighted by atomic mass is 10.1. The molecule has 2 rings (SSSR count). The van der Waals surface area contributed by atoms with Crippen molar-refractivity contribution in [2.75, 3.05) is 13.1 Å². The molecule has 1 aliphatic heterocycles. The second-order valence-electron chi connectivity index (χ2n) is 3.91. The topological polar surface area (TPSA) is 59.2 Å². The van der Waals surface area contributed by atoms with Gasteiger partial charge in [-0.15, -0.1) is 0 Å². The first-order valence-electron chi connectivity index (χ1n) is 5.31. The summed E-state index contributed by atoms with van der Waals surface area (Å²) in [6.07, 6.45) is 3.77. The van der Waals surface area contributed by atoms with Crippen LogP contribution in [0.15, 0.2) is 4.52 Å². The molecule has 2 heterocycles. The predicted octanol–water partition coefficient (Wildman–Crippen LogP) is 1.26. The van der Waals surface area contributed by atoms with Crippen LogP contribution in [0.4, 0.5) is 0 Å². The van der Waals surface area contributed by atoms with Crippen molar-refractivity contribution < 1.29 is 9.32 Å². The van der Waals surface area contributed by atoms with Crippen molar-refractivity contribution >= 4 is 5.78 Å². The summed E-state index contributed by atoms with van der Waals surface area (Å²) in [4.78, 5) is 17.3. The number of hydrogen-bond donors (Lipinski definition) is 0. The summed E-state index contributed by atoms with van der Waals surface area (Å²) in [5, 5.41) is 3.78. The molecule has 1 aromatic heterocycles. The Morgan fingerprint density at radius 2 is 2.13 bits per heavy atom. The van der Waals surface area contributed by atoms with Gasteiger partial charge in [-0.3, -0.25) is 9.69 Å². The highest BCUT2D eigenvalue weighted by Crippen LogP contribution is 2.11. The highest BCUT2D eigenvalue weighted by Gasteiger charge is 2.15. The Labute approximate surface area is 88.5 Å². The van der Waals surface area contributed by atoms with E-state index in [1.54, 1.807) is 0 Å². The summed E-state index contributed by atoms with van der Waals surface area (Å²) in [5.41, 5.74) is 0. The van der Waals surface area contributed by atoms with Crippen LogP contribution in [-0.2, 0) is 6.54 Å². The molecule has 1 aromatic rings. The fraction of sp³-hybridized carbons (Fsp3) is 0.700. The zero-order valence-electron chi connectivity index (χ0n) is 8.90. The van der Waals surface area contributed by atoms with Crippen LogP contribution in [0.25, 0.3) is 0 Å². The number of Topliss-reactive ketones (excluding diaryl/α,β-unsaturated/α-hetero) is 1. The molecule has 0 unspecified atom stereocenters. The average Bonchev–Trinajstić information content (AvgIpc) is 2.68. The van der Waals surface area contributed by atoms with Crippen molar-refractivity contribution in [1.29, 1.82) is 0 Å². The third-order valence-corrected chi connectivity index (χ3v) is 2.58. The molecule has 0 spiro atoms. The van der Waals surface area contributed by atoms with Crippen LogP contribution in [0.1, 0.15) is 42.7 Å². The number of piperidine rings is 1. The molecule has 1 fully saturated rings. The Kier molecular flexibility index (Phi) is 3.11. The molecule has 5 heteroatoms. The van der Waals surface area contributed by atoms with E-state index in [4.69, 9.17) is 4.52 Å². The van der Waals surface area contributed by atoms with Crippen LogP contribution in [-0.4, -0.2) is 33.9 Å². The van der Waals surface area contributed by atoms with Crippen molar-refractivity contribution in [3.05, 3.63) is 11.7 Å². The first kappa shape index (κ1) is 10.3. The summed E-state index contributed by atoms with van der Waals surface area (Å²) in [6, 6.07) is 0. The number of ketones is 1. The largest absolute Gasteiger partial charge is 0.331 e. The van der Waals surface area contributed by atoms with Gasteiger partial charge in [-0.25, -0.2) is 0 Å². The Hall–Kier alpha value is -1.23. The van der Waals surface area contributed by atoms with Gasteiger partial charge in [-0.05, 0) is 25.9 Å². The van der Waals surface area contributed by atoms with Gasteiger partial charge in [0.1, 0.15) is 0 Å². The maximum absolute atomic E-state index is 10.9. The van der Waals surface area contributed by atoms with E-state index in [-0.39, 0.29) is 11.7 Å². The lowest BCUT2D eigenvalue weighted by molar-refractivity contribution is 0.0972. The number of nitrogens with zero attached hydrogens (tertiary/aromatic N) is 3. The van der Waals surface area contributed by atoms with E-state index < -0.39 is 0 Å². The Morgan fingerprint density at radius 3 is 2.73 bits per heavy atom. The number of rotatable bonds is 3. The van der Waals surface area contributed by atoms with Crippen molar-refractivity contribution in [3.63, 3.8) is 0 Å². The molecule has 0 amide bonds. The smallest absolute Gasteiger partial charge is 0.293 e. The van der Waals surface area contributed by atoms with Crippen LogP contribution in [0.2, 0.25) is 0 Å². The first-order valence-corrected chi connectivity index (χ1v) is 5.31. The molecule has 5 nitrogen and oxygen atoms in total. The fourth-order valence-corrected chi connectivity index (χ4v) is 1.78. The Bertz CT molecular complexity index is 342. The average molecular weight is 209 g/mol. The van der Waals surface area contributed by atoms with E-state index in [0.29, 0.717) is 12.4 Å². The highest BCUT2D eigenvalue weighted by molar-refractivity contribution is 5.89. The third-order valence-electron chi connectivity index (χ3n) is 2.58. The maximum Gasteiger partial charge on any atom is 0.293 e. The van der Waals surface area contributed by atoms with E-state index >= 15 is 0 Å². The molecular formula is C10H15N3O2. The first-order chi connectivity index (χ1) is 7.25. The van der Waals surface area contributed by atoms with Crippen molar-refractivity contribution in [2.24, 2.45) is 0 Å². The third kappa shape index (κ3) is 2.62. The molecule has 0 bridgehead atoms. The molecule has 1 aliphatic rings. The van der Waals surface area contributed by atoms with E-state index in [0.717, 1.165) is 13.1 Å². The van der Waals surface area contributed by atoms with Gasteiger partial charge >= 0.3 is 0 Å². The van der Waals surface area contributed by atoms with E-state index in [1.165, 1.54) is 26.2 Å². The molecule has 82 valence electrons. The summed E-state index contributed by atoms with van der Waals surface area (Å²) in [6.45, 7) is 4.29. The normalized spacial score (nSPS) is 17.9. The molecule has 0 N–H and O–H groups in total. The SMILES string of the molecule is CC(=O)c1nc(CN2CCCCC2)no1. The van der Waals surface area contributed by atoms with Crippen molar-refractivity contribution in [2.45, 2.75) is 32.7 Å². The molecule has 0 aromatic carbocycles. The van der Waals surface area contributed by atoms with Crippen molar-refractivity contribution in [3.8, 4) is 0 Å². The van der Waals surface area contributed by atoms with E-state index in [9.17, 15) is 4.79 Å². The Balaban J connectivity index is 1.94. The van der Waals surface area contributed by atoms with Gasteiger partial charge in [0.25, 0.3) is 5.89 Å². The molecule has 0 aliphatic carbocycles. The monoisotopic (exact) mass is 209 g/mol. The van der Waals surface area contributed by atoms with Gasteiger partial charge in [0.15, 0.2) is 5.82 Å². The molecule has 1 saturated heterocycles. The highest BCUT2D eigenvalue weighted by atomic mass is 16.5. The minimum Gasteiger partial charge on any atom is -0.331 e. The van der Waals surface area contributed by atoms with E-state index in [2.05, 4.69) is 15.0 Å². The summed E-state index contributed by atoms with van der Waals surface area (Å²) >= 11 is 0. The standard InChI is InChI=1S/C10H15N3O2/c1-8(14)10-11-9(12-15-10)7-13-5-3-2-4-6-13/h2-7H2,1H3.